The van der Waals surface area contributed by atoms with Crippen molar-refractivity contribution in [1.29, 1.82) is 0 Å². The third kappa shape index (κ3) is 4.84. The molecule has 0 saturated carbocycles. The van der Waals surface area contributed by atoms with Crippen molar-refractivity contribution in [1.82, 2.24) is 0 Å². The van der Waals surface area contributed by atoms with Gasteiger partial charge in [-0.2, -0.15) is 0 Å². The molecule has 0 bridgehead atoms. The Balaban J connectivity index is 1.72. The molecule has 168 valence electrons. The molecule has 1 amide bonds. The van der Waals surface area contributed by atoms with E-state index in [-0.39, 0.29) is 0 Å². The Kier molecular flexibility index (Phi) is 7.55. The third-order valence-corrected chi connectivity index (χ3v) is 11.4. The number of para-hydroxylation sites is 2. The van der Waals surface area contributed by atoms with Crippen molar-refractivity contribution >= 4 is 41.0 Å². The van der Waals surface area contributed by atoms with Gasteiger partial charge >= 0.3 is 197 Å². The van der Waals surface area contributed by atoms with Crippen molar-refractivity contribution in [2.75, 3.05) is 30.0 Å². The van der Waals surface area contributed by atoms with E-state index in [1.807, 2.05) is 36.2 Å². The van der Waals surface area contributed by atoms with Crippen LogP contribution in [0.25, 0.3) is 0 Å². The molecule has 0 unspecified atom stereocenters. The first-order valence-electron chi connectivity index (χ1n) is 11.4. The Labute approximate surface area is 197 Å². The van der Waals surface area contributed by atoms with Crippen LogP contribution in [0.4, 0.5) is 11.4 Å². The molecule has 0 aliphatic carbocycles. The van der Waals surface area contributed by atoms with E-state index in [4.69, 9.17) is 0 Å². The van der Waals surface area contributed by atoms with Gasteiger partial charge in [0.15, 0.2) is 0 Å². The summed E-state index contributed by atoms with van der Waals surface area (Å²) in [6, 6.07) is 40.7. The van der Waals surface area contributed by atoms with Crippen LogP contribution >= 0.6 is 7.26 Å². The number of carbonyl (C=O) groups is 1. The Morgan fingerprint density at radius 2 is 1.15 bits per heavy atom. The van der Waals surface area contributed by atoms with Crippen LogP contribution in [-0.2, 0) is 4.79 Å². The number of anilines is 2. The van der Waals surface area contributed by atoms with Crippen LogP contribution < -0.4 is 26.1 Å². The van der Waals surface area contributed by atoms with Crippen LogP contribution in [0.3, 0.4) is 0 Å². The standard InChI is InChI=1S/C29H31N2OP/c1-30-28-20-11-12-21-29(28)31(24-32)22-13-23-33(25-14-5-2-6-15-25,26-16-7-3-8-17-26)27-18-9-4-10-19-27/h2-12,14-21,24,30,33H,13,22-23H2,1H3. The predicted octanol–water partition coefficient (Wildman–Crippen LogP) is 4.81. The molecule has 4 aromatic carbocycles. The van der Waals surface area contributed by atoms with E-state index in [1.165, 1.54) is 15.9 Å². The summed E-state index contributed by atoms with van der Waals surface area (Å²) in [4.78, 5) is 13.9. The van der Waals surface area contributed by atoms with Gasteiger partial charge in [-0.05, 0) is 0 Å². The third-order valence-electron chi connectivity index (χ3n) is 6.36. The molecule has 0 saturated heterocycles. The molecular weight excluding hydrogens is 423 g/mol. The maximum absolute atomic E-state index is 12.0. The van der Waals surface area contributed by atoms with Crippen molar-refractivity contribution < 1.29 is 4.79 Å². The zero-order valence-corrected chi connectivity index (χ0v) is 20.0. The molecule has 0 aliphatic rings. The molecule has 0 atom stereocenters. The van der Waals surface area contributed by atoms with Gasteiger partial charge in [0, 0.05) is 0 Å². The van der Waals surface area contributed by atoms with E-state index >= 15 is 0 Å². The van der Waals surface area contributed by atoms with Crippen LogP contribution in [0.1, 0.15) is 6.42 Å². The quantitative estimate of drug-likeness (QED) is 0.276. The van der Waals surface area contributed by atoms with Gasteiger partial charge in [-0.25, -0.2) is 0 Å². The number of benzene rings is 4. The monoisotopic (exact) mass is 454 g/mol. The summed E-state index contributed by atoms with van der Waals surface area (Å²) in [7, 11) is -0.396. The topological polar surface area (TPSA) is 32.3 Å². The summed E-state index contributed by atoms with van der Waals surface area (Å²) in [5.74, 6) is 0. The predicted molar refractivity (Wildman–Crippen MR) is 145 cm³/mol. The number of hydrogen-bond acceptors (Lipinski definition) is 2. The second-order valence-electron chi connectivity index (χ2n) is 8.17. The van der Waals surface area contributed by atoms with E-state index in [0.717, 1.165) is 30.4 Å². The second kappa shape index (κ2) is 10.9. The van der Waals surface area contributed by atoms with Crippen molar-refractivity contribution in [3.8, 4) is 0 Å². The fourth-order valence-electron chi connectivity index (χ4n) is 4.78. The summed E-state index contributed by atoms with van der Waals surface area (Å²) in [6.07, 6.45) is 2.87. The number of carbonyl (C=O) groups excluding carboxylic acids is 1. The van der Waals surface area contributed by atoms with E-state index in [0.29, 0.717) is 6.54 Å². The molecule has 1 N–H and O–H groups in total. The van der Waals surface area contributed by atoms with Crippen molar-refractivity contribution in [2.45, 2.75) is 6.42 Å². The van der Waals surface area contributed by atoms with Crippen LogP contribution in [-0.4, -0.2) is 26.2 Å². The fourth-order valence-corrected chi connectivity index (χ4v) is 9.62. The van der Waals surface area contributed by atoms with E-state index in [1.54, 1.807) is 0 Å². The molecule has 33 heavy (non-hydrogen) atoms. The van der Waals surface area contributed by atoms with E-state index < -0.39 is 7.26 Å². The molecule has 0 aliphatic heterocycles. The maximum atomic E-state index is 12.0. The summed E-state index contributed by atoms with van der Waals surface area (Å²) >= 11 is 0. The summed E-state index contributed by atoms with van der Waals surface area (Å²) < 4.78 is 0. The molecule has 4 heteroatoms. The fraction of sp³-hybridized carbons (Fsp3) is 0.138. The van der Waals surface area contributed by atoms with E-state index in [2.05, 4.69) is 96.3 Å². The van der Waals surface area contributed by atoms with Crippen LogP contribution in [0.2, 0.25) is 0 Å². The van der Waals surface area contributed by atoms with Gasteiger partial charge in [0.25, 0.3) is 0 Å². The first-order chi connectivity index (χ1) is 16.3. The zero-order valence-electron chi connectivity index (χ0n) is 19.0. The summed E-state index contributed by atoms with van der Waals surface area (Å²) in [5, 5.41) is 7.40. The van der Waals surface area contributed by atoms with Crippen molar-refractivity contribution in [3.63, 3.8) is 0 Å². The Morgan fingerprint density at radius 1 is 0.697 bits per heavy atom. The number of nitrogens with one attached hydrogen (secondary N) is 1. The molecule has 0 aromatic heterocycles. The summed E-state index contributed by atoms with van der Waals surface area (Å²) in [5.41, 5.74) is 1.88. The van der Waals surface area contributed by atoms with Gasteiger partial charge in [0.05, 0.1) is 0 Å². The van der Waals surface area contributed by atoms with Crippen LogP contribution in [0, 0.1) is 0 Å². The first-order valence-corrected chi connectivity index (χ1v) is 13.7. The molecule has 3 nitrogen and oxygen atoms in total. The van der Waals surface area contributed by atoms with Crippen molar-refractivity contribution in [2.24, 2.45) is 0 Å². The van der Waals surface area contributed by atoms with Crippen molar-refractivity contribution in [3.05, 3.63) is 115 Å². The zero-order chi connectivity index (χ0) is 22.9. The average molecular weight is 455 g/mol. The Morgan fingerprint density at radius 3 is 1.61 bits per heavy atom. The number of nitrogens with zero attached hydrogens (tertiary/aromatic N) is 1. The SMILES string of the molecule is CNc1ccccc1N(C=O)CCC[PH](c1ccccc1)(c1ccccc1)c1ccccc1. The van der Waals surface area contributed by atoms with E-state index in [9.17, 15) is 4.79 Å². The Bertz CT molecular complexity index is 1050. The number of hydrogen-bond donors (Lipinski definition) is 1. The molecular formula is C29H31N2OP. The number of amides is 1. The average Bonchev–Trinajstić information content (AvgIpc) is 2.90. The number of rotatable bonds is 10. The summed E-state index contributed by atoms with van der Waals surface area (Å²) in [6.45, 7) is 0.670. The van der Waals surface area contributed by atoms with Gasteiger partial charge < -0.3 is 0 Å². The molecule has 0 heterocycles. The molecule has 0 spiro atoms. The van der Waals surface area contributed by atoms with Gasteiger partial charge in [0.1, 0.15) is 0 Å². The van der Waals surface area contributed by atoms with Gasteiger partial charge in [0.2, 0.25) is 0 Å². The van der Waals surface area contributed by atoms with Gasteiger partial charge in [-0.1, -0.05) is 0 Å². The molecule has 4 aromatic rings. The second-order valence-corrected chi connectivity index (χ2v) is 12.2. The minimum absolute atomic E-state index is 0.670. The minimum atomic E-state index is -2.28. The van der Waals surface area contributed by atoms with Crippen LogP contribution in [0.5, 0.6) is 0 Å². The van der Waals surface area contributed by atoms with Crippen LogP contribution in [0.15, 0.2) is 115 Å². The van der Waals surface area contributed by atoms with Gasteiger partial charge in [-0.3, -0.25) is 0 Å². The first kappa shape index (κ1) is 22.8. The normalized spacial score (nSPS) is 11.5. The molecule has 4 rings (SSSR count). The molecule has 0 radical (unpaired) electrons. The van der Waals surface area contributed by atoms with Gasteiger partial charge in [-0.15, -0.1) is 0 Å². The molecule has 0 fully saturated rings. The Hall–Kier alpha value is -3.42.